The molecule has 2 heterocycles. The van der Waals surface area contributed by atoms with Crippen molar-refractivity contribution in [1.29, 1.82) is 0 Å². The highest BCUT2D eigenvalue weighted by Crippen LogP contribution is 2.34. The molecule has 3 aromatic rings. The second-order valence-electron chi connectivity index (χ2n) is 7.98. The van der Waals surface area contributed by atoms with Crippen LogP contribution in [0.15, 0.2) is 47.4 Å². The van der Waals surface area contributed by atoms with Crippen LogP contribution in [0.3, 0.4) is 0 Å². The highest BCUT2D eigenvalue weighted by atomic mass is 35.5. The summed E-state index contributed by atoms with van der Waals surface area (Å²) in [5.74, 6) is 0.321. The molecule has 4 rings (SSSR count). The number of hydrogen-bond acceptors (Lipinski definition) is 5. The lowest BCUT2D eigenvalue weighted by molar-refractivity contribution is 0.181. The number of nitrogens with one attached hydrogen (secondary N) is 1. The van der Waals surface area contributed by atoms with Crippen LogP contribution in [0.2, 0.25) is 5.02 Å². The van der Waals surface area contributed by atoms with Crippen molar-refractivity contribution in [3.63, 3.8) is 0 Å². The van der Waals surface area contributed by atoms with Crippen LogP contribution in [-0.2, 0) is 16.6 Å². The first-order valence-electron chi connectivity index (χ1n) is 10.3. The Labute approximate surface area is 197 Å². The van der Waals surface area contributed by atoms with E-state index in [0.717, 1.165) is 28.1 Å². The summed E-state index contributed by atoms with van der Waals surface area (Å²) >= 11 is 7.76. The Hall–Kier alpha value is -2.20. The Bertz CT molecular complexity index is 1230. The molecule has 0 unspecified atom stereocenters. The average molecular weight is 493 g/mol. The smallest absolute Gasteiger partial charge is 0.317 e. The van der Waals surface area contributed by atoms with E-state index in [1.165, 1.54) is 18.4 Å². The first kappa shape index (κ1) is 23.0. The maximum atomic E-state index is 12.7. The summed E-state index contributed by atoms with van der Waals surface area (Å²) in [4.78, 5) is 19.4. The number of sulfonamides is 1. The molecule has 0 atom stereocenters. The van der Waals surface area contributed by atoms with Gasteiger partial charge in [0.25, 0.3) is 0 Å². The molecule has 10 heteroatoms. The van der Waals surface area contributed by atoms with Gasteiger partial charge in [-0.15, -0.1) is 11.3 Å². The minimum atomic E-state index is -3.58. The molecule has 170 valence electrons. The second-order valence-corrected chi connectivity index (χ2v) is 11.6. The highest BCUT2D eigenvalue weighted by molar-refractivity contribution is 7.89. The number of amides is 2. The van der Waals surface area contributed by atoms with E-state index in [4.69, 9.17) is 16.6 Å². The van der Waals surface area contributed by atoms with Crippen LogP contribution >= 0.6 is 22.9 Å². The summed E-state index contributed by atoms with van der Waals surface area (Å²) in [6.07, 6.45) is 1.68. The highest BCUT2D eigenvalue weighted by Gasteiger charge is 2.26. The van der Waals surface area contributed by atoms with Crippen LogP contribution in [0.4, 0.5) is 4.79 Å². The minimum absolute atomic E-state index is 0.153. The molecule has 32 heavy (non-hydrogen) atoms. The van der Waals surface area contributed by atoms with Gasteiger partial charge in [-0.1, -0.05) is 29.8 Å². The number of piperidine rings is 1. The van der Waals surface area contributed by atoms with E-state index in [2.05, 4.69) is 5.32 Å². The SMILES string of the molecule is CN(C)S(=O)(=O)c1ccccc1CNC(=O)N1CCC(c2nc3cc(Cl)ccc3s2)CC1. The van der Waals surface area contributed by atoms with E-state index in [9.17, 15) is 13.2 Å². The summed E-state index contributed by atoms with van der Waals surface area (Å²) in [5.41, 5.74) is 1.49. The Kier molecular flexibility index (Phi) is 6.71. The van der Waals surface area contributed by atoms with Gasteiger partial charge < -0.3 is 10.2 Å². The van der Waals surface area contributed by atoms with Crippen LogP contribution < -0.4 is 5.32 Å². The molecule has 0 radical (unpaired) electrons. The number of carbonyl (C=O) groups excluding carboxylic acids is 1. The average Bonchev–Trinajstić information content (AvgIpc) is 3.21. The van der Waals surface area contributed by atoms with Crippen LogP contribution in [0.5, 0.6) is 0 Å². The summed E-state index contributed by atoms with van der Waals surface area (Å²) in [6.45, 7) is 1.41. The number of rotatable bonds is 5. The van der Waals surface area contributed by atoms with Gasteiger partial charge in [-0.05, 0) is 42.7 Å². The Morgan fingerprint density at radius 3 is 2.66 bits per heavy atom. The van der Waals surface area contributed by atoms with Crippen molar-refractivity contribution in [2.24, 2.45) is 0 Å². The lowest BCUT2D eigenvalue weighted by atomic mass is 9.98. The number of carbonyl (C=O) groups is 1. The summed E-state index contributed by atoms with van der Waals surface area (Å²) in [5, 5.41) is 4.65. The van der Waals surface area contributed by atoms with E-state index in [1.807, 2.05) is 18.2 Å². The van der Waals surface area contributed by atoms with Crippen LogP contribution in [0.1, 0.15) is 29.3 Å². The summed E-state index contributed by atoms with van der Waals surface area (Å²) in [6, 6.07) is 12.3. The number of urea groups is 1. The fraction of sp³-hybridized carbons (Fsp3) is 0.364. The van der Waals surface area contributed by atoms with E-state index in [0.29, 0.717) is 29.6 Å². The molecule has 1 N–H and O–H groups in total. The first-order valence-corrected chi connectivity index (χ1v) is 13.0. The van der Waals surface area contributed by atoms with Crippen LogP contribution in [0, 0.1) is 0 Å². The zero-order valence-corrected chi connectivity index (χ0v) is 20.3. The maximum absolute atomic E-state index is 12.7. The minimum Gasteiger partial charge on any atom is -0.334 e. The normalized spacial score (nSPS) is 15.4. The molecular weight excluding hydrogens is 468 g/mol. The molecule has 2 aromatic carbocycles. The molecule has 2 amide bonds. The Morgan fingerprint density at radius 1 is 1.22 bits per heavy atom. The summed E-state index contributed by atoms with van der Waals surface area (Å²) < 4.78 is 27.4. The molecule has 0 saturated carbocycles. The molecule has 1 aromatic heterocycles. The topological polar surface area (TPSA) is 82.6 Å². The molecule has 1 aliphatic heterocycles. The predicted octanol–water partition coefficient (Wildman–Crippen LogP) is 4.29. The third-order valence-electron chi connectivity index (χ3n) is 5.66. The van der Waals surface area contributed by atoms with Crippen molar-refractivity contribution >= 4 is 49.2 Å². The van der Waals surface area contributed by atoms with Crippen LogP contribution in [0.25, 0.3) is 10.2 Å². The van der Waals surface area contributed by atoms with Crippen molar-refractivity contribution < 1.29 is 13.2 Å². The number of nitrogens with zero attached hydrogens (tertiary/aromatic N) is 3. The van der Waals surface area contributed by atoms with Gasteiger partial charge in [-0.25, -0.2) is 22.5 Å². The third kappa shape index (κ3) is 4.76. The van der Waals surface area contributed by atoms with Crippen molar-refractivity contribution in [3.8, 4) is 0 Å². The predicted molar refractivity (Wildman–Crippen MR) is 128 cm³/mol. The third-order valence-corrected chi connectivity index (χ3v) is 9.01. The van der Waals surface area contributed by atoms with Crippen molar-refractivity contribution in [1.82, 2.24) is 19.5 Å². The van der Waals surface area contributed by atoms with Gasteiger partial charge in [-0.2, -0.15) is 0 Å². The Balaban J connectivity index is 1.36. The molecule has 0 bridgehead atoms. The monoisotopic (exact) mass is 492 g/mol. The molecule has 1 saturated heterocycles. The lowest BCUT2D eigenvalue weighted by Crippen LogP contribution is -2.44. The molecule has 0 spiro atoms. The van der Waals surface area contributed by atoms with Gasteiger partial charge in [0.15, 0.2) is 0 Å². The zero-order valence-electron chi connectivity index (χ0n) is 17.9. The largest absolute Gasteiger partial charge is 0.334 e. The first-order chi connectivity index (χ1) is 15.3. The number of hydrogen-bond donors (Lipinski definition) is 1. The van der Waals surface area contributed by atoms with Crippen molar-refractivity contribution in [2.75, 3.05) is 27.2 Å². The summed E-state index contributed by atoms with van der Waals surface area (Å²) in [7, 11) is -0.588. The number of benzene rings is 2. The van der Waals surface area contributed by atoms with Gasteiger partial charge >= 0.3 is 6.03 Å². The quantitative estimate of drug-likeness (QED) is 0.576. The van der Waals surface area contributed by atoms with Crippen LogP contribution in [-0.4, -0.2) is 55.8 Å². The van der Waals surface area contributed by atoms with Gasteiger partial charge in [-0.3, -0.25) is 0 Å². The second kappa shape index (κ2) is 9.35. The molecule has 1 fully saturated rings. The number of fused-ring (bicyclic) bond motifs is 1. The van der Waals surface area contributed by atoms with Gasteiger partial charge in [0.2, 0.25) is 10.0 Å². The van der Waals surface area contributed by atoms with E-state index in [-0.39, 0.29) is 17.5 Å². The zero-order chi connectivity index (χ0) is 22.9. The van der Waals surface area contributed by atoms with Crippen molar-refractivity contribution in [3.05, 3.63) is 58.1 Å². The Morgan fingerprint density at radius 2 is 1.94 bits per heavy atom. The maximum Gasteiger partial charge on any atom is 0.317 e. The van der Waals surface area contributed by atoms with Gasteiger partial charge in [0.1, 0.15) is 0 Å². The molecular formula is C22H25ClN4O3S2. The van der Waals surface area contributed by atoms with E-state index in [1.54, 1.807) is 40.5 Å². The number of halogens is 1. The van der Waals surface area contributed by atoms with E-state index >= 15 is 0 Å². The number of thiazole rings is 1. The fourth-order valence-corrected chi connectivity index (χ4v) is 6.20. The molecule has 0 aliphatic carbocycles. The standard InChI is InChI=1S/C22H25ClN4O3S2/c1-26(2)32(29,30)20-6-4-3-5-16(20)14-24-22(28)27-11-9-15(10-12-27)21-25-18-13-17(23)7-8-19(18)31-21/h3-8,13,15H,9-12,14H2,1-2H3,(H,24,28). The molecule has 1 aliphatic rings. The van der Waals surface area contributed by atoms with Gasteiger partial charge in [0, 0.05) is 44.7 Å². The van der Waals surface area contributed by atoms with Crippen molar-refractivity contribution in [2.45, 2.75) is 30.2 Å². The van der Waals surface area contributed by atoms with Gasteiger partial charge in [0.05, 0.1) is 20.1 Å². The number of aromatic nitrogens is 1. The lowest BCUT2D eigenvalue weighted by Gasteiger charge is -2.31. The molecule has 7 nitrogen and oxygen atoms in total. The fourth-order valence-electron chi connectivity index (χ4n) is 3.80. The van der Waals surface area contributed by atoms with E-state index < -0.39 is 10.0 Å². The number of likely N-dealkylation sites (tertiary alicyclic amines) is 1.